The first kappa shape index (κ1) is 18.5. The lowest BCUT2D eigenvalue weighted by Gasteiger charge is -2.40. The number of nitrogens with one attached hydrogen (secondary N) is 1. The third kappa shape index (κ3) is 4.02. The second-order valence-electron chi connectivity index (χ2n) is 9.52. The lowest BCUT2D eigenvalue weighted by Crippen LogP contribution is -2.46. The van der Waals surface area contributed by atoms with Crippen molar-refractivity contribution >= 4 is 11.4 Å². The second-order valence-corrected chi connectivity index (χ2v) is 9.52. The molecule has 1 aromatic carbocycles. The van der Waals surface area contributed by atoms with Crippen molar-refractivity contribution in [2.75, 3.05) is 36.0 Å². The number of hydrogen-bond donors (Lipinski definition) is 1. The van der Waals surface area contributed by atoms with Gasteiger partial charge in [-0.1, -0.05) is 39.0 Å². The van der Waals surface area contributed by atoms with Crippen LogP contribution in [0.15, 0.2) is 42.7 Å². The lowest BCUT2D eigenvalue weighted by atomic mass is 9.68. The van der Waals surface area contributed by atoms with Gasteiger partial charge in [0.25, 0.3) is 0 Å². The van der Waals surface area contributed by atoms with Crippen LogP contribution in [-0.2, 0) is 0 Å². The predicted molar refractivity (Wildman–Crippen MR) is 116 cm³/mol. The van der Waals surface area contributed by atoms with Crippen LogP contribution in [0.25, 0.3) is 0 Å². The van der Waals surface area contributed by atoms with Crippen molar-refractivity contribution in [1.29, 1.82) is 0 Å². The van der Waals surface area contributed by atoms with E-state index in [9.17, 15) is 0 Å². The van der Waals surface area contributed by atoms with Crippen molar-refractivity contribution in [2.45, 2.75) is 52.4 Å². The smallest absolute Gasteiger partial charge is 0.0544 e. The first-order valence-corrected chi connectivity index (χ1v) is 10.7. The molecule has 2 fully saturated rings. The third-order valence-electron chi connectivity index (χ3n) is 6.90. The lowest BCUT2D eigenvalue weighted by molar-refractivity contribution is 0.169. The zero-order valence-corrected chi connectivity index (χ0v) is 17.2. The molecule has 3 nitrogen and oxygen atoms in total. The van der Waals surface area contributed by atoms with Crippen molar-refractivity contribution < 1.29 is 0 Å². The Morgan fingerprint density at radius 3 is 2.15 bits per heavy atom. The van der Waals surface area contributed by atoms with E-state index >= 15 is 0 Å². The molecule has 0 atom stereocenters. The van der Waals surface area contributed by atoms with Gasteiger partial charge >= 0.3 is 0 Å². The SMILES string of the molecule is CC(C)(C)C1CCC(c2ccccc2N2CCN(c3cc[nH]c3)CC2)CC1. The highest BCUT2D eigenvalue weighted by atomic mass is 15.3. The fourth-order valence-electron chi connectivity index (χ4n) is 5.11. The van der Waals surface area contributed by atoms with Crippen LogP contribution < -0.4 is 9.80 Å². The number of piperazine rings is 1. The highest BCUT2D eigenvalue weighted by molar-refractivity contribution is 5.57. The Morgan fingerprint density at radius 1 is 0.852 bits per heavy atom. The van der Waals surface area contributed by atoms with E-state index in [1.807, 2.05) is 6.20 Å². The maximum absolute atomic E-state index is 3.18. The summed E-state index contributed by atoms with van der Waals surface area (Å²) in [6.45, 7) is 11.7. The van der Waals surface area contributed by atoms with E-state index in [4.69, 9.17) is 0 Å². The Bertz CT molecular complexity index is 712. The van der Waals surface area contributed by atoms with Crippen molar-refractivity contribution in [1.82, 2.24) is 4.98 Å². The van der Waals surface area contributed by atoms with Crippen LogP contribution in [-0.4, -0.2) is 31.2 Å². The largest absolute Gasteiger partial charge is 0.368 e. The van der Waals surface area contributed by atoms with Gasteiger partial charge in [-0.3, -0.25) is 0 Å². The molecule has 2 aliphatic rings. The summed E-state index contributed by atoms with van der Waals surface area (Å²) in [5, 5.41) is 0. The first-order chi connectivity index (χ1) is 13.0. The zero-order chi connectivity index (χ0) is 18.9. The predicted octanol–water partition coefficient (Wildman–Crippen LogP) is 5.66. The monoisotopic (exact) mass is 365 g/mol. The third-order valence-corrected chi connectivity index (χ3v) is 6.90. The molecule has 27 heavy (non-hydrogen) atoms. The summed E-state index contributed by atoms with van der Waals surface area (Å²) in [6, 6.07) is 11.4. The number of H-pyrrole nitrogens is 1. The summed E-state index contributed by atoms with van der Waals surface area (Å²) in [5.74, 6) is 1.62. The van der Waals surface area contributed by atoms with Gasteiger partial charge in [0.2, 0.25) is 0 Å². The molecule has 2 heterocycles. The van der Waals surface area contributed by atoms with Gasteiger partial charge in [-0.25, -0.2) is 0 Å². The highest BCUT2D eigenvalue weighted by Gasteiger charge is 2.31. The summed E-state index contributed by atoms with van der Waals surface area (Å²) < 4.78 is 0. The van der Waals surface area contributed by atoms with Gasteiger partial charge in [0.05, 0.1) is 5.69 Å². The average molecular weight is 366 g/mol. The quantitative estimate of drug-likeness (QED) is 0.758. The van der Waals surface area contributed by atoms with Gasteiger partial charge in [-0.05, 0) is 60.6 Å². The Labute approximate surface area is 164 Å². The molecule has 1 aliphatic carbocycles. The number of anilines is 2. The van der Waals surface area contributed by atoms with Crippen molar-refractivity contribution in [2.24, 2.45) is 11.3 Å². The Hall–Kier alpha value is -1.90. The molecule has 1 N–H and O–H groups in total. The van der Waals surface area contributed by atoms with Crippen LogP contribution in [0.4, 0.5) is 11.4 Å². The zero-order valence-electron chi connectivity index (χ0n) is 17.2. The normalized spacial score (nSPS) is 24.3. The minimum absolute atomic E-state index is 0.457. The van der Waals surface area contributed by atoms with E-state index < -0.39 is 0 Å². The Balaban J connectivity index is 1.43. The number of aromatic amines is 1. The summed E-state index contributed by atoms with van der Waals surface area (Å²) in [6.07, 6.45) is 9.58. The molecule has 0 bridgehead atoms. The molecule has 1 aromatic heterocycles. The van der Waals surface area contributed by atoms with Gasteiger partial charge in [-0.2, -0.15) is 0 Å². The van der Waals surface area contributed by atoms with Crippen LogP contribution in [0.2, 0.25) is 0 Å². The summed E-state index contributed by atoms with van der Waals surface area (Å²) in [5.41, 5.74) is 4.87. The summed E-state index contributed by atoms with van der Waals surface area (Å²) >= 11 is 0. The van der Waals surface area contributed by atoms with Crippen molar-refractivity contribution in [3.8, 4) is 0 Å². The van der Waals surface area contributed by atoms with E-state index in [2.05, 4.69) is 72.1 Å². The van der Waals surface area contributed by atoms with Gasteiger partial charge in [0, 0.05) is 44.3 Å². The van der Waals surface area contributed by atoms with Gasteiger partial charge < -0.3 is 14.8 Å². The van der Waals surface area contributed by atoms with Crippen LogP contribution in [0.3, 0.4) is 0 Å². The first-order valence-electron chi connectivity index (χ1n) is 10.7. The van der Waals surface area contributed by atoms with Crippen LogP contribution >= 0.6 is 0 Å². The fraction of sp³-hybridized carbons (Fsp3) is 0.583. The van der Waals surface area contributed by atoms with E-state index in [1.165, 1.54) is 37.1 Å². The molecule has 0 radical (unpaired) electrons. The molecule has 0 spiro atoms. The Kier molecular flexibility index (Phi) is 5.21. The van der Waals surface area contributed by atoms with Gasteiger partial charge in [0.1, 0.15) is 0 Å². The van der Waals surface area contributed by atoms with Gasteiger partial charge in [-0.15, -0.1) is 0 Å². The van der Waals surface area contributed by atoms with Crippen molar-refractivity contribution in [3.05, 3.63) is 48.3 Å². The van der Waals surface area contributed by atoms with Crippen LogP contribution in [0, 0.1) is 11.3 Å². The maximum atomic E-state index is 3.18. The molecular formula is C24H35N3. The van der Waals surface area contributed by atoms with E-state index in [-0.39, 0.29) is 0 Å². The molecule has 1 saturated heterocycles. The highest BCUT2D eigenvalue weighted by Crippen LogP contribution is 2.45. The molecule has 0 unspecified atom stereocenters. The number of hydrogen-bond acceptors (Lipinski definition) is 2. The number of aromatic nitrogens is 1. The molecular weight excluding hydrogens is 330 g/mol. The fourth-order valence-corrected chi connectivity index (χ4v) is 5.11. The molecule has 1 saturated carbocycles. The Morgan fingerprint density at radius 2 is 1.52 bits per heavy atom. The summed E-state index contributed by atoms with van der Waals surface area (Å²) in [7, 11) is 0. The number of nitrogens with zero attached hydrogens (tertiary/aromatic N) is 2. The van der Waals surface area contributed by atoms with Crippen LogP contribution in [0.1, 0.15) is 57.9 Å². The minimum Gasteiger partial charge on any atom is -0.368 e. The van der Waals surface area contributed by atoms with Crippen LogP contribution in [0.5, 0.6) is 0 Å². The van der Waals surface area contributed by atoms with Crippen molar-refractivity contribution in [3.63, 3.8) is 0 Å². The maximum Gasteiger partial charge on any atom is 0.0544 e. The molecule has 1 aliphatic heterocycles. The minimum atomic E-state index is 0.457. The number of para-hydroxylation sites is 1. The second kappa shape index (κ2) is 7.61. The van der Waals surface area contributed by atoms with E-state index in [1.54, 1.807) is 5.56 Å². The standard InChI is InChI=1S/C24H35N3/c1-24(2,3)20-10-8-19(9-11-20)22-6-4-5-7-23(22)27-16-14-26(15-17-27)21-12-13-25-18-21/h4-7,12-13,18-20,25H,8-11,14-17H2,1-3H3. The molecule has 4 rings (SSSR count). The molecule has 2 aromatic rings. The number of benzene rings is 1. The number of rotatable bonds is 3. The van der Waals surface area contributed by atoms with Gasteiger partial charge in [0.15, 0.2) is 0 Å². The molecule has 3 heteroatoms. The topological polar surface area (TPSA) is 22.3 Å². The summed E-state index contributed by atoms with van der Waals surface area (Å²) in [4.78, 5) is 8.29. The average Bonchev–Trinajstić information content (AvgIpc) is 3.22. The van der Waals surface area contributed by atoms with E-state index in [0.29, 0.717) is 5.41 Å². The molecule has 0 amide bonds. The van der Waals surface area contributed by atoms with E-state index in [0.717, 1.165) is 38.0 Å². The molecule has 146 valence electrons.